The third-order valence-electron chi connectivity index (χ3n) is 7.86. The minimum Gasteiger partial charge on any atom is -0.450 e. The van der Waals surface area contributed by atoms with Crippen LogP contribution in [0.2, 0.25) is 0 Å². The summed E-state index contributed by atoms with van der Waals surface area (Å²) in [6.07, 6.45) is 0. The van der Waals surface area contributed by atoms with Crippen LogP contribution in [-0.2, 0) is 23.4 Å². The number of aryl methyl sites for hydroxylation is 1. The van der Waals surface area contributed by atoms with E-state index >= 15 is 0 Å². The van der Waals surface area contributed by atoms with E-state index in [9.17, 15) is 18.8 Å². The van der Waals surface area contributed by atoms with Gasteiger partial charge >= 0.3 is 0 Å². The van der Waals surface area contributed by atoms with Crippen molar-refractivity contribution in [2.75, 3.05) is 4.90 Å². The molecule has 1 atom stereocenters. The Morgan fingerprint density at radius 1 is 0.775 bits per heavy atom. The Balaban J connectivity index is 1.50. The van der Waals surface area contributed by atoms with Crippen molar-refractivity contribution in [3.63, 3.8) is 0 Å². The van der Waals surface area contributed by atoms with Crippen LogP contribution in [0.5, 0.6) is 0 Å². The second kappa shape index (κ2) is 8.74. The molecule has 4 aromatic carbocycles. The number of amides is 2. The third-order valence-corrected chi connectivity index (χ3v) is 7.86. The quantitative estimate of drug-likeness (QED) is 0.300. The number of carbonyl (C=O) groups is 2. The van der Waals surface area contributed by atoms with E-state index in [-0.39, 0.29) is 35.8 Å². The lowest BCUT2D eigenvalue weighted by molar-refractivity contribution is -0.126. The second-order valence-electron chi connectivity index (χ2n) is 10.3. The van der Waals surface area contributed by atoms with Gasteiger partial charge in [-0.3, -0.25) is 14.4 Å². The SMILES string of the molecule is Cc1ccc(CN2C(=O)c3oc4ccccc4c(=O)c3C23C(=O)N(Cc2ccc(F)cc2)c2ccccc23)cc1. The zero-order chi connectivity index (χ0) is 27.6. The van der Waals surface area contributed by atoms with E-state index in [0.717, 1.165) is 11.1 Å². The molecule has 196 valence electrons. The highest BCUT2D eigenvalue weighted by molar-refractivity contribution is 6.17. The standard InChI is InChI=1S/C33H23FN2O4/c1-20-10-12-22(13-11-20)19-36-31(38)30-28(29(37)24-6-2-5-9-27(24)40-30)33(36)25-7-3-4-8-26(25)35(32(33)39)18-21-14-16-23(34)17-15-21/h2-17H,18-19H2,1H3. The molecule has 0 bridgehead atoms. The number of halogens is 1. The lowest BCUT2D eigenvalue weighted by Crippen LogP contribution is -2.52. The van der Waals surface area contributed by atoms with Gasteiger partial charge in [0.1, 0.15) is 11.4 Å². The maximum atomic E-state index is 14.8. The fourth-order valence-corrected chi connectivity index (χ4v) is 5.96. The predicted molar refractivity (Wildman–Crippen MR) is 148 cm³/mol. The largest absolute Gasteiger partial charge is 0.450 e. The van der Waals surface area contributed by atoms with E-state index in [4.69, 9.17) is 4.42 Å². The number of nitrogens with zero attached hydrogens (tertiary/aromatic N) is 2. The molecule has 3 heterocycles. The predicted octanol–water partition coefficient (Wildman–Crippen LogP) is 5.69. The third kappa shape index (κ3) is 3.30. The normalized spacial score (nSPS) is 17.6. The number of anilines is 1. The van der Waals surface area contributed by atoms with Gasteiger partial charge in [-0.25, -0.2) is 4.39 Å². The van der Waals surface area contributed by atoms with Crippen LogP contribution < -0.4 is 10.3 Å². The molecular formula is C33H23FN2O4. The zero-order valence-electron chi connectivity index (χ0n) is 21.6. The van der Waals surface area contributed by atoms with Crippen LogP contribution in [-0.4, -0.2) is 16.7 Å². The molecule has 0 N–H and O–H groups in total. The zero-order valence-corrected chi connectivity index (χ0v) is 21.6. The van der Waals surface area contributed by atoms with Gasteiger partial charge in [-0.1, -0.05) is 72.3 Å². The Kier molecular flexibility index (Phi) is 5.25. The fraction of sp³-hybridized carbons (Fsp3) is 0.121. The van der Waals surface area contributed by atoms with Gasteiger partial charge in [-0.05, 0) is 48.4 Å². The van der Waals surface area contributed by atoms with Crippen LogP contribution in [0.25, 0.3) is 11.0 Å². The summed E-state index contributed by atoms with van der Waals surface area (Å²) in [5.74, 6) is -1.45. The average Bonchev–Trinajstić information content (AvgIpc) is 3.36. The highest BCUT2D eigenvalue weighted by Crippen LogP contribution is 2.53. The van der Waals surface area contributed by atoms with Crippen molar-refractivity contribution in [2.24, 2.45) is 0 Å². The van der Waals surface area contributed by atoms with Gasteiger partial charge in [0.05, 0.1) is 23.2 Å². The van der Waals surface area contributed by atoms with Gasteiger partial charge in [-0.2, -0.15) is 0 Å². The van der Waals surface area contributed by atoms with Crippen LogP contribution in [0, 0.1) is 12.7 Å². The Labute approximate surface area is 228 Å². The van der Waals surface area contributed by atoms with Crippen molar-refractivity contribution in [1.29, 1.82) is 0 Å². The summed E-state index contributed by atoms with van der Waals surface area (Å²) in [6, 6.07) is 27.6. The molecule has 0 radical (unpaired) electrons. The molecule has 7 rings (SSSR count). The molecule has 0 fully saturated rings. The smallest absolute Gasteiger partial charge is 0.291 e. The number of fused-ring (bicyclic) bond motifs is 5. The molecule has 1 spiro atoms. The minimum absolute atomic E-state index is 0.0300. The summed E-state index contributed by atoms with van der Waals surface area (Å²) in [5.41, 5.74) is 1.87. The molecule has 0 aliphatic carbocycles. The van der Waals surface area contributed by atoms with Crippen LogP contribution in [0.1, 0.15) is 38.4 Å². The molecule has 1 unspecified atom stereocenters. The highest BCUT2D eigenvalue weighted by atomic mass is 19.1. The van der Waals surface area contributed by atoms with Gasteiger partial charge in [0, 0.05) is 12.1 Å². The fourth-order valence-electron chi connectivity index (χ4n) is 5.96. The number of hydrogen-bond donors (Lipinski definition) is 0. The summed E-state index contributed by atoms with van der Waals surface area (Å²) in [5, 5.41) is 0.299. The van der Waals surface area contributed by atoms with Gasteiger partial charge < -0.3 is 14.2 Å². The van der Waals surface area contributed by atoms with E-state index in [2.05, 4.69) is 0 Å². The van der Waals surface area contributed by atoms with Gasteiger partial charge in [0.25, 0.3) is 11.8 Å². The van der Waals surface area contributed by atoms with Gasteiger partial charge in [0.2, 0.25) is 5.76 Å². The van der Waals surface area contributed by atoms with E-state index < -0.39 is 22.8 Å². The van der Waals surface area contributed by atoms with Crippen molar-refractivity contribution in [1.82, 2.24) is 4.90 Å². The minimum atomic E-state index is -1.72. The molecule has 2 amide bonds. The first kappa shape index (κ1) is 24.0. The molecule has 5 aromatic rings. The Morgan fingerprint density at radius 2 is 1.43 bits per heavy atom. The molecule has 2 aliphatic heterocycles. The molecule has 7 heteroatoms. The summed E-state index contributed by atoms with van der Waals surface area (Å²) in [4.78, 5) is 46.2. The van der Waals surface area contributed by atoms with Gasteiger partial charge in [0.15, 0.2) is 11.0 Å². The van der Waals surface area contributed by atoms with Gasteiger partial charge in [-0.15, -0.1) is 0 Å². The highest BCUT2D eigenvalue weighted by Gasteiger charge is 2.64. The number of rotatable bonds is 4. The first-order chi connectivity index (χ1) is 19.4. The first-order valence-electron chi connectivity index (χ1n) is 13.0. The molecule has 0 saturated carbocycles. The monoisotopic (exact) mass is 530 g/mol. The summed E-state index contributed by atoms with van der Waals surface area (Å²) in [7, 11) is 0. The van der Waals surface area contributed by atoms with Crippen LogP contribution in [0.3, 0.4) is 0 Å². The lowest BCUT2D eigenvalue weighted by Gasteiger charge is -2.34. The van der Waals surface area contributed by atoms with Crippen molar-refractivity contribution in [3.8, 4) is 0 Å². The van der Waals surface area contributed by atoms with E-state index in [1.807, 2.05) is 37.3 Å². The number of carbonyl (C=O) groups excluding carboxylic acids is 2. The first-order valence-corrected chi connectivity index (χ1v) is 13.0. The van der Waals surface area contributed by atoms with Crippen molar-refractivity contribution in [2.45, 2.75) is 25.6 Å². The average molecular weight is 531 g/mol. The van der Waals surface area contributed by atoms with E-state index in [1.165, 1.54) is 17.0 Å². The topological polar surface area (TPSA) is 70.8 Å². The molecule has 0 saturated heterocycles. The van der Waals surface area contributed by atoms with Crippen LogP contribution >= 0.6 is 0 Å². The number of benzene rings is 4. The van der Waals surface area contributed by atoms with Crippen molar-refractivity contribution < 1.29 is 18.4 Å². The second-order valence-corrected chi connectivity index (χ2v) is 10.3. The Morgan fingerprint density at radius 3 is 2.20 bits per heavy atom. The Hall–Kier alpha value is -5.04. The lowest BCUT2D eigenvalue weighted by atomic mass is 9.83. The van der Waals surface area contributed by atoms with E-state index in [1.54, 1.807) is 59.5 Å². The molecule has 40 heavy (non-hydrogen) atoms. The molecule has 1 aromatic heterocycles. The van der Waals surface area contributed by atoms with Crippen LogP contribution in [0.4, 0.5) is 10.1 Å². The van der Waals surface area contributed by atoms with Crippen molar-refractivity contribution in [3.05, 3.63) is 147 Å². The van der Waals surface area contributed by atoms with E-state index in [0.29, 0.717) is 22.2 Å². The molecule has 6 nitrogen and oxygen atoms in total. The molecule has 2 aliphatic rings. The summed E-state index contributed by atoms with van der Waals surface area (Å²) >= 11 is 0. The summed E-state index contributed by atoms with van der Waals surface area (Å²) in [6.45, 7) is 2.20. The van der Waals surface area contributed by atoms with Crippen molar-refractivity contribution >= 4 is 28.5 Å². The van der Waals surface area contributed by atoms with Crippen LogP contribution in [0.15, 0.2) is 106 Å². The number of hydrogen-bond acceptors (Lipinski definition) is 4. The maximum absolute atomic E-state index is 14.8. The summed E-state index contributed by atoms with van der Waals surface area (Å²) < 4.78 is 19.7. The molecular weight excluding hydrogens is 507 g/mol. The maximum Gasteiger partial charge on any atom is 0.291 e. The Bertz CT molecular complexity index is 1900. The number of para-hydroxylation sites is 2.